The third-order valence-corrected chi connectivity index (χ3v) is 4.60. The SMILES string of the molecule is ClC(CCCc1cccs1)Cc1ccsc1. The van der Waals surface area contributed by atoms with Crippen molar-refractivity contribution in [2.45, 2.75) is 31.1 Å². The fourth-order valence-corrected chi connectivity index (χ4v) is 3.48. The van der Waals surface area contributed by atoms with Gasteiger partial charge in [0, 0.05) is 10.3 Å². The number of aryl methyl sites for hydroxylation is 1. The first-order valence-corrected chi connectivity index (χ1v) is 7.78. The van der Waals surface area contributed by atoms with Crippen LogP contribution in [0.25, 0.3) is 0 Å². The van der Waals surface area contributed by atoms with E-state index in [1.807, 2.05) is 11.3 Å². The number of thiophene rings is 2. The Kier molecular flexibility index (Phi) is 4.89. The number of halogens is 1. The zero-order valence-electron chi connectivity index (χ0n) is 9.06. The highest BCUT2D eigenvalue weighted by atomic mass is 35.5. The maximum atomic E-state index is 6.32. The second-order valence-corrected chi connectivity index (χ2v) is 6.33. The van der Waals surface area contributed by atoms with Crippen LogP contribution in [0.3, 0.4) is 0 Å². The van der Waals surface area contributed by atoms with Gasteiger partial charge < -0.3 is 0 Å². The zero-order chi connectivity index (χ0) is 11.2. The van der Waals surface area contributed by atoms with E-state index in [1.165, 1.54) is 23.3 Å². The summed E-state index contributed by atoms with van der Waals surface area (Å²) in [5.74, 6) is 0. The highest BCUT2D eigenvalue weighted by Crippen LogP contribution is 2.18. The minimum absolute atomic E-state index is 0.287. The Labute approximate surface area is 110 Å². The summed E-state index contributed by atoms with van der Waals surface area (Å²) in [6.07, 6.45) is 4.48. The van der Waals surface area contributed by atoms with Crippen molar-refractivity contribution >= 4 is 34.3 Å². The van der Waals surface area contributed by atoms with E-state index in [0.717, 1.165) is 12.8 Å². The molecule has 0 aliphatic carbocycles. The van der Waals surface area contributed by atoms with Crippen LogP contribution in [-0.2, 0) is 12.8 Å². The van der Waals surface area contributed by atoms with Gasteiger partial charge in [0.2, 0.25) is 0 Å². The summed E-state index contributed by atoms with van der Waals surface area (Å²) in [7, 11) is 0. The lowest BCUT2D eigenvalue weighted by molar-refractivity contribution is 0.690. The first-order chi connectivity index (χ1) is 7.84. The van der Waals surface area contributed by atoms with E-state index in [-0.39, 0.29) is 5.38 Å². The van der Waals surface area contributed by atoms with E-state index in [9.17, 15) is 0 Å². The molecule has 2 aromatic heterocycles. The second kappa shape index (κ2) is 6.43. The normalized spacial score (nSPS) is 12.8. The Morgan fingerprint density at radius 2 is 2.19 bits per heavy atom. The smallest absolute Gasteiger partial charge is 0.0376 e. The molecule has 0 bridgehead atoms. The number of rotatable bonds is 6. The summed E-state index contributed by atoms with van der Waals surface area (Å²) in [5.41, 5.74) is 1.38. The summed E-state index contributed by atoms with van der Waals surface area (Å²) in [5, 5.41) is 6.73. The van der Waals surface area contributed by atoms with Gasteiger partial charge in [0.1, 0.15) is 0 Å². The van der Waals surface area contributed by atoms with Crippen molar-refractivity contribution in [3.05, 3.63) is 44.8 Å². The number of hydrogen-bond acceptors (Lipinski definition) is 2. The molecule has 0 aliphatic rings. The average molecular weight is 271 g/mol. The first kappa shape index (κ1) is 12.2. The van der Waals surface area contributed by atoms with Crippen molar-refractivity contribution in [3.8, 4) is 0 Å². The van der Waals surface area contributed by atoms with Crippen LogP contribution in [0.1, 0.15) is 23.3 Å². The minimum atomic E-state index is 0.287. The van der Waals surface area contributed by atoms with Crippen molar-refractivity contribution in [2.24, 2.45) is 0 Å². The molecule has 3 heteroatoms. The molecule has 16 heavy (non-hydrogen) atoms. The monoisotopic (exact) mass is 270 g/mol. The first-order valence-electron chi connectivity index (χ1n) is 5.52. The molecule has 0 radical (unpaired) electrons. The third kappa shape index (κ3) is 3.93. The van der Waals surface area contributed by atoms with Gasteiger partial charge in [0.15, 0.2) is 0 Å². The third-order valence-electron chi connectivity index (χ3n) is 2.56. The molecule has 2 aromatic rings. The average Bonchev–Trinajstić information content (AvgIpc) is 2.90. The van der Waals surface area contributed by atoms with Crippen LogP contribution in [-0.4, -0.2) is 5.38 Å². The van der Waals surface area contributed by atoms with Gasteiger partial charge in [-0.2, -0.15) is 11.3 Å². The van der Waals surface area contributed by atoms with Gasteiger partial charge in [-0.05, 0) is 59.5 Å². The van der Waals surface area contributed by atoms with E-state index in [2.05, 4.69) is 34.3 Å². The summed E-state index contributed by atoms with van der Waals surface area (Å²) in [6.45, 7) is 0. The predicted molar refractivity (Wildman–Crippen MR) is 74.9 cm³/mol. The van der Waals surface area contributed by atoms with Crippen molar-refractivity contribution in [1.82, 2.24) is 0 Å². The molecule has 1 unspecified atom stereocenters. The fraction of sp³-hybridized carbons (Fsp3) is 0.385. The van der Waals surface area contributed by atoms with Gasteiger partial charge >= 0.3 is 0 Å². The van der Waals surface area contributed by atoms with Crippen LogP contribution >= 0.6 is 34.3 Å². The largest absolute Gasteiger partial charge is 0.152 e. The molecule has 2 heterocycles. The van der Waals surface area contributed by atoms with Crippen LogP contribution < -0.4 is 0 Å². The quantitative estimate of drug-likeness (QED) is 0.649. The van der Waals surface area contributed by atoms with Crippen molar-refractivity contribution in [3.63, 3.8) is 0 Å². The molecule has 0 spiro atoms. The maximum Gasteiger partial charge on any atom is 0.0376 e. The van der Waals surface area contributed by atoms with Crippen molar-refractivity contribution in [1.29, 1.82) is 0 Å². The summed E-state index contributed by atoms with van der Waals surface area (Å²) in [4.78, 5) is 1.47. The molecule has 0 aliphatic heterocycles. The Bertz CT molecular complexity index is 378. The maximum absolute atomic E-state index is 6.32. The van der Waals surface area contributed by atoms with Crippen LogP contribution in [0, 0.1) is 0 Å². The fourth-order valence-electron chi connectivity index (χ4n) is 1.72. The van der Waals surface area contributed by atoms with Gasteiger partial charge in [-0.25, -0.2) is 0 Å². The van der Waals surface area contributed by atoms with Crippen LogP contribution in [0.5, 0.6) is 0 Å². The molecule has 86 valence electrons. The zero-order valence-corrected chi connectivity index (χ0v) is 11.5. The molecule has 0 fully saturated rings. The Hall–Kier alpha value is -0.310. The van der Waals surface area contributed by atoms with E-state index >= 15 is 0 Å². The van der Waals surface area contributed by atoms with E-state index < -0.39 is 0 Å². The summed E-state index contributed by atoms with van der Waals surface area (Å²) < 4.78 is 0. The highest BCUT2D eigenvalue weighted by molar-refractivity contribution is 7.09. The molecule has 0 amide bonds. The number of alkyl halides is 1. The van der Waals surface area contributed by atoms with Crippen LogP contribution in [0.4, 0.5) is 0 Å². The van der Waals surface area contributed by atoms with Gasteiger partial charge in [-0.1, -0.05) is 6.07 Å². The molecule has 0 N–H and O–H groups in total. The highest BCUT2D eigenvalue weighted by Gasteiger charge is 2.06. The van der Waals surface area contributed by atoms with E-state index in [4.69, 9.17) is 11.6 Å². The Balaban J connectivity index is 1.66. The summed E-state index contributed by atoms with van der Waals surface area (Å²) >= 11 is 9.91. The van der Waals surface area contributed by atoms with Crippen molar-refractivity contribution in [2.75, 3.05) is 0 Å². The number of hydrogen-bond donors (Lipinski definition) is 0. The molecular formula is C13H15ClS2. The minimum Gasteiger partial charge on any atom is -0.152 e. The molecule has 0 aromatic carbocycles. The van der Waals surface area contributed by atoms with Crippen molar-refractivity contribution < 1.29 is 0 Å². The Morgan fingerprint density at radius 1 is 1.25 bits per heavy atom. The molecular weight excluding hydrogens is 256 g/mol. The lowest BCUT2D eigenvalue weighted by Gasteiger charge is -2.07. The molecule has 1 atom stereocenters. The van der Waals surface area contributed by atoms with Gasteiger partial charge in [-0.15, -0.1) is 22.9 Å². The lowest BCUT2D eigenvalue weighted by atomic mass is 10.1. The molecule has 0 nitrogen and oxygen atoms in total. The van der Waals surface area contributed by atoms with Crippen LogP contribution in [0.15, 0.2) is 34.3 Å². The van der Waals surface area contributed by atoms with Gasteiger partial charge in [-0.3, -0.25) is 0 Å². The Morgan fingerprint density at radius 3 is 2.88 bits per heavy atom. The van der Waals surface area contributed by atoms with Gasteiger partial charge in [0.25, 0.3) is 0 Å². The standard InChI is InChI=1S/C13H15ClS2/c14-12(9-11-6-8-15-10-11)3-1-4-13-5-2-7-16-13/h2,5-8,10,12H,1,3-4,9H2. The second-order valence-electron chi connectivity index (χ2n) is 3.90. The molecule has 2 rings (SSSR count). The lowest BCUT2D eigenvalue weighted by Crippen LogP contribution is -2.02. The van der Waals surface area contributed by atoms with Gasteiger partial charge in [0.05, 0.1) is 0 Å². The summed E-state index contributed by atoms with van der Waals surface area (Å²) in [6, 6.07) is 6.48. The van der Waals surface area contributed by atoms with E-state index in [1.54, 1.807) is 11.3 Å². The topological polar surface area (TPSA) is 0 Å². The molecule has 0 saturated carbocycles. The van der Waals surface area contributed by atoms with Crippen LogP contribution in [0.2, 0.25) is 0 Å². The molecule has 0 saturated heterocycles. The van der Waals surface area contributed by atoms with E-state index in [0.29, 0.717) is 0 Å². The predicted octanol–water partition coefficient (Wildman–Crippen LogP) is 4.98.